The van der Waals surface area contributed by atoms with Crippen molar-refractivity contribution in [2.45, 2.75) is 25.3 Å². The van der Waals surface area contributed by atoms with E-state index >= 15 is 0 Å². The second-order valence-electron chi connectivity index (χ2n) is 6.68. The maximum atomic E-state index is 13.3. The van der Waals surface area contributed by atoms with Gasteiger partial charge in [-0.15, -0.1) is 0 Å². The molecule has 7 nitrogen and oxygen atoms in total. The summed E-state index contributed by atoms with van der Waals surface area (Å²) in [5, 5.41) is 2.31. The first kappa shape index (κ1) is 17.2. The number of nitrogens with one attached hydrogen (secondary N) is 1. The van der Waals surface area contributed by atoms with Crippen LogP contribution in [0.3, 0.4) is 0 Å². The highest BCUT2D eigenvalue weighted by Gasteiger charge is 2.34. The summed E-state index contributed by atoms with van der Waals surface area (Å²) in [4.78, 5) is 44.7. The van der Waals surface area contributed by atoms with Crippen molar-refractivity contribution in [1.29, 1.82) is 0 Å². The molecule has 1 N–H and O–H groups in total. The highest BCUT2D eigenvalue weighted by Crippen LogP contribution is 2.34. The number of likely N-dealkylation sites (tertiary alicyclic amines) is 1. The van der Waals surface area contributed by atoms with Crippen LogP contribution in [0.5, 0.6) is 0 Å². The van der Waals surface area contributed by atoms with Gasteiger partial charge < -0.3 is 4.90 Å². The van der Waals surface area contributed by atoms with E-state index in [1.165, 1.54) is 4.90 Å². The molecule has 0 radical (unpaired) electrons. The third-order valence-corrected chi connectivity index (χ3v) is 5.02. The molecule has 2 aliphatic rings. The second kappa shape index (κ2) is 7.19. The maximum absolute atomic E-state index is 13.3. The zero-order valence-electron chi connectivity index (χ0n) is 14.8. The van der Waals surface area contributed by atoms with Gasteiger partial charge in [-0.05, 0) is 37.1 Å². The Morgan fingerprint density at radius 1 is 1.07 bits per heavy atom. The lowest BCUT2D eigenvalue weighted by molar-refractivity contribution is -0.120. The van der Waals surface area contributed by atoms with Crippen LogP contribution in [0.1, 0.15) is 41.4 Å². The molecule has 1 aromatic carbocycles. The summed E-state index contributed by atoms with van der Waals surface area (Å²) in [7, 11) is 0. The molecular weight excluding hydrogens is 344 g/mol. The zero-order chi connectivity index (χ0) is 18.8. The van der Waals surface area contributed by atoms with Crippen molar-refractivity contribution in [1.82, 2.24) is 15.2 Å². The number of imide groups is 1. The molecule has 1 atom stereocenters. The number of benzene rings is 1. The van der Waals surface area contributed by atoms with Crippen LogP contribution >= 0.6 is 0 Å². The van der Waals surface area contributed by atoms with Gasteiger partial charge >= 0.3 is 6.03 Å². The Labute approximate surface area is 157 Å². The first-order chi connectivity index (χ1) is 13.1. The van der Waals surface area contributed by atoms with Crippen molar-refractivity contribution in [3.63, 3.8) is 0 Å². The molecule has 4 amide bonds. The largest absolute Gasteiger partial charge is 0.330 e. The number of hydrogen-bond donors (Lipinski definition) is 1. The Morgan fingerprint density at radius 3 is 2.67 bits per heavy atom. The summed E-state index contributed by atoms with van der Waals surface area (Å²) in [5.74, 6) is -0.418. The van der Waals surface area contributed by atoms with Crippen molar-refractivity contribution in [2.75, 3.05) is 18.0 Å². The van der Waals surface area contributed by atoms with Crippen LogP contribution in [0.4, 0.5) is 10.5 Å². The van der Waals surface area contributed by atoms with E-state index in [0.29, 0.717) is 17.8 Å². The van der Waals surface area contributed by atoms with E-state index in [0.717, 1.165) is 18.5 Å². The van der Waals surface area contributed by atoms with Crippen LogP contribution in [0.25, 0.3) is 0 Å². The third-order valence-electron chi connectivity index (χ3n) is 5.02. The fraction of sp³-hybridized carbons (Fsp3) is 0.300. The van der Waals surface area contributed by atoms with Crippen LogP contribution in [-0.2, 0) is 4.79 Å². The van der Waals surface area contributed by atoms with Crippen LogP contribution < -0.4 is 10.2 Å². The Hall–Kier alpha value is -3.22. The predicted octanol–water partition coefficient (Wildman–Crippen LogP) is 2.51. The van der Waals surface area contributed by atoms with E-state index in [2.05, 4.69) is 10.3 Å². The van der Waals surface area contributed by atoms with Gasteiger partial charge in [0.2, 0.25) is 5.91 Å². The SMILES string of the molecule is O=C1CCN(c2ccccc2C(=O)N2CCC[C@@H]2c2ccccn2)C(=O)N1. The number of amides is 4. The minimum atomic E-state index is -0.491. The number of rotatable bonds is 3. The molecule has 0 spiro atoms. The number of anilines is 1. The summed E-state index contributed by atoms with van der Waals surface area (Å²) in [6.45, 7) is 0.914. The number of para-hydroxylation sites is 1. The van der Waals surface area contributed by atoms with Gasteiger partial charge in [0.05, 0.1) is 23.0 Å². The fourth-order valence-corrected chi connectivity index (χ4v) is 3.73. The zero-order valence-corrected chi connectivity index (χ0v) is 14.8. The lowest BCUT2D eigenvalue weighted by Gasteiger charge is -2.30. The number of pyridine rings is 1. The van der Waals surface area contributed by atoms with E-state index in [1.54, 1.807) is 30.5 Å². The monoisotopic (exact) mass is 364 g/mol. The molecule has 2 fully saturated rings. The Balaban J connectivity index is 1.65. The number of urea groups is 1. The summed E-state index contributed by atoms with van der Waals surface area (Å²) in [6, 6.07) is 12.2. The van der Waals surface area contributed by atoms with Gasteiger partial charge in [0, 0.05) is 25.7 Å². The fourth-order valence-electron chi connectivity index (χ4n) is 3.73. The molecule has 0 saturated carbocycles. The van der Waals surface area contributed by atoms with Crippen LogP contribution in [0.15, 0.2) is 48.7 Å². The van der Waals surface area contributed by atoms with Crippen molar-refractivity contribution in [3.05, 3.63) is 59.9 Å². The van der Waals surface area contributed by atoms with Gasteiger partial charge in [-0.3, -0.25) is 24.8 Å². The minimum absolute atomic E-state index is 0.0662. The number of carbonyl (C=O) groups excluding carboxylic acids is 3. The van der Waals surface area contributed by atoms with Gasteiger partial charge in [-0.2, -0.15) is 0 Å². The summed E-state index contributed by atoms with van der Waals surface area (Å²) in [5.41, 5.74) is 1.87. The van der Waals surface area contributed by atoms with Gasteiger partial charge in [-0.25, -0.2) is 4.79 Å². The van der Waals surface area contributed by atoms with Crippen molar-refractivity contribution in [2.24, 2.45) is 0 Å². The molecule has 0 aliphatic carbocycles. The first-order valence-electron chi connectivity index (χ1n) is 9.07. The molecular formula is C20H20N4O3. The number of carbonyl (C=O) groups is 3. The van der Waals surface area contributed by atoms with Crippen LogP contribution in [-0.4, -0.2) is 40.8 Å². The van der Waals surface area contributed by atoms with Crippen LogP contribution in [0, 0.1) is 0 Å². The molecule has 2 aromatic rings. The molecule has 0 bridgehead atoms. The lowest BCUT2D eigenvalue weighted by Crippen LogP contribution is -2.50. The topological polar surface area (TPSA) is 82.6 Å². The molecule has 2 saturated heterocycles. The highest BCUT2D eigenvalue weighted by molar-refractivity contribution is 6.09. The highest BCUT2D eigenvalue weighted by atomic mass is 16.2. The molecule has 27 heavy (non-hydrogen) atoms. The summed E-state index contributed by atoms with van der Waals surface area (Å²) >= 11 is 0. The Bertz CT molecular complexity index is 884. The standard InChI is InChI=1S/C20H20N4O3/c25-18-10-13-24(20(27)22-18)16-8-2-1-6-14(16)19(26)23-12-5-9-17(23)15-7-3-4-11-21-15/h1-4,6-8,11,17H,5,9-10,12-13H2,(H,22,25,27)/t17-/m1/s1. The average molecular weight is 364 g/mol. The van der Waals surface area contributed by atoms with Crippen molar-refractivity contribution in [3.8, 4) is 0 Å². The van der Waals surface area contributed by atoms with E-state index in [-0.39, 0.29) is 30.8 Å². The molecule has 1 aromatic heterocycles. The Morgan fingerprint density at radius 2 is 1.89 bits per heavy atom. The quantitative estimate of drug-likeness (QED) is 0.907. The predicted molar refractivity (Wildman–Crippen MR) is 99.2 cm³/mol. The maximum Gasteiger partial charge on any atom is 0.328 e. The summed E-state index contributed by atoms with van der Waals surface area (Å²) in [6.07, 6.45) is 3.73. The Kier molecular flexibility index (Phi) is 4.58. The van der Waals surface area contributed by atoms with E-state index in [4.69, 9.17) is 0 Å². The second-order valence-corrected chi connectivity index (χ2v) is 6.68. The smallest absolute Gasteiger partial charge is 0.328 e. The van der Waals surface area contributed by atoms with E-state index in [1.807, 2.05) is 23.1 Å². The molecule has 3 heterocycles. The van der Waals surface area contributed by atoms with Crippen molar-refractivity contribution >= 4 is 23.5 Å². The van der Waals surface area contributed by atoms with Crippen molar-refractivity contribution < 1.29 is 14.4 Å². The first-order valence-corrected chi connectivity index (χ1v) is 9.07. The average Bonchev–Trinajstić information content (AvgIpc) is 3.18. The molecule has 0 unspecified atom stereocenters. The molecule has 4 rings (SSSR count). The lowest BCUT2D eigenvalue weighted by atomic mass is 10.1. The van der Waals surface area contributed by atoms with Gasteiger partial charge in [0.15, 0.2) is 0 Å². The van der Waals surface area contributed by atoms with Gasteiger partial charge in [0.1, 0.15) is 0 Å². The number of aromatic nitrogens is 1. The normalized spacial score (nSPS) is 19.9. The van der Waals surface area contributed by atoms with E-state index < -0.39 is 6.03 Å². The summed E-state index contributed by atoms with van der Waals surface area (Å²) < 4.78 is 0. The van der Waals surface area contributed by atoms with Gasteiger partial charge in [-0.1, -0.05) is 18.2 Å². The number of nitrogens with zero attached hydrogens (tertiary/aromatic N) is 3. The van der Waals surface area contributed by atoms with Crippen LogP contribution in [0.2, 0.25) is 0 Å². The molecule has 7 heteroatoms. The minimum Gasteiger partial charge on any atom is -0.330 e. The molecule has 2 aliphatic heterocycles. The third kappa shape index (κ3) is 3.28. The number of hydrogen-bond acceptors (Lipinski definition) is 4. The van der Waals surface area contributed by atoms with E-state index in [9.17, 15) is 14.4 Å². The molecule has 138 valence electrons. The van der Waals surface area contributed by atoms with Gasteiger partial charge in [0.25, 0.3) is 5.91 Å².